The number of methoxy groups -OCH3 is 1. The number of hydrogen-bond acceptors (Lipinski definition) is 7. The highest BCUT2D eigenvalue weighted by Crippen LogP contribution is 2.29. The number of nitrogens with zero attached hydrogens (tertiary/aromatic N) is 6. The van der Waals surface area contributed by atoms with Crippen LogP contribution in [0.1, 0.15) is 12.7 Å². The van der Waals surface area contributed by atoms with E-state index in [2.05, 4.69) is 31.8 Å². The molecule has 0 unspecified atom stereocenters. The molecule has 32 heavy (non-hydrogen) atoms. The van der Waals surface area contributed by atoms with Crippen LogP contribution in [0.15, 0.2) is 36.4 Å². The molecule has 0 amide bonds. The molecule has 0 bridgehead atoms. The molecule has 2 aromatic heterocycles. The topological polar surface area (TPSA) is 84.8 Å². The molecule has 1 aliphatic heterocycles. The molecule has 1 fully saturated rings. The Morgan fingerprint density at radius 1 is 1.09 bits per heavy atom. The van der Waals surface area contributed by atoms with Crippen molar-refractivity contribution in [1.29, 1.82) is 0 Å². The van der Waals surface area contributed by atoms with Crippen molar-refractivity contribution in [1.82, 2.24) is 24.5 Å². The minimum Gasteiger partial charge on any atom is -0.494 e. The summed E-state index contributed by atoms with van der Waals surface area (Å²) in [5.41, 5.74) is 7.99. The van der Waals surface area contributed by atoms with E-state index in [-0.39, 0.29) is 17.8 Å². The van der Waals surface area contributed by atoms with Crippen LogP contribution in [-0.4, -0.2) is 57.3 Å². The minimum atomic E-state index is -0.446. The Bertz CT molecular complexity index is 1290. The fourth-order valence-electron chi connectivity index (χ4n) is 4.33. The molecular formula is C22H23F2N7O. The van der Waals surface area contributed by atoms with Gasteiger partial charge >= 0.3 is 0 Å². The highest BCUT2D eigenvalue weighted by atomic mass is 19.1. The van der Waals surface area contributed by atoms with Gasteiger partial charge in [0.1, 0.15) is 22.9 Å². The summed E-state index contributed by atoms with van der Waals surface area (Å²) in [7, 11) is 1.46. The summed E-state index contributed by atoms with van der Waals surface area (Å²) >= 11 is 0. The van der Waals surface area contributed by atoms with Gasteiger partial charge in [-0.15, -0.1) is 5.10 Å². The maximum Gasteiger partial charge on any atom is 0.223 e. The van der Waals surface area contributed by atoms with Crippen molar-refractivity contribution < 1.29 is 13.5 Å². The van der Waals surface area contributed by atoms with Crippen molar-refractivity contribution in [3.05, 3.63) is 53.9 Å². The van der Waals surface area contributed by atoms with E-state index in [0.29, 0.717) is 34.7 Å². The number of ether oxygens (including phenoxy) is 1. The molecule has 2 aromatic carbocycles. The molecule has 1 aliphatic rings. The van der Waals surface area contributed by atoms with Gasteiger partial charge in [-0.2, -0.15) is 4.52 Å². The number of fused-ring (bicyclic) bond motifs is 3. The molecule has 0 saturated carbocycles. The lowest BCUT2D eigenvalue weighted by Crippen LogP contribution is -2.51. The maximum atomic E-state index is 14.1. The second kappa shape index (κ2) is 7.86. The summed E-state index contributed by atoms with van der Waals surface area (Å²) in [4.78, 5) is 13.5. The SMILES string of the molecule is COc1cc(F)cc2c1nc(N)n1nc(CN3CCN(c4ccc(F)cc4)[C@H](C)C3)nc21. The number of hydrogen-bond donors (Lipinski definition) is 1. The highest BCUT2D eigenvalue weighted by Gasteiger charge is 2.25. The molecule has 1 saturated heterocycles. The third kappa shape index (κ3) is 3.56. The van der Waals surface area contributed by atoms with Gasteiger partial charge in [-0.05, 0) is 37.3 Å². The Morgan fingerprint density at radius 2 is 1.88 bits per heavy atom. The minimum absolute atomic E-state index is 0.158. The van der Waals surface area contributed by atoms with Crippen LogP contribution in [0.3, 0.4) is 0 Å². The number of nitrogens with two attached hydrogens (primary N) is 1. The normalized spacial score (nSPS) is 17.4. The summed E-state index contributed by atoms with van der Waals surface area (Å²) in [6.07, 6.45) is 0. The standard InChI is InChI=1S/C22H23F2N7O/c1-13-11-29(7-8-30(13)16-5-3-14(23)4-6-16)12-19-26-21-17-9-15(24)10-18(32-2)20(17)27-22(25)31(21)28-19/h3-6,9-10,13H,7-8,11-12H2,1-2H3,(H2,25,27)/t13-/m1/s1. The van der Waals surface area contributed by atoms with Crippen LogP contribution in [0.4, 0.5) is 20.4 Å². The van der Waals surface area contributed by atoms with E-state index in [1.54, 1.807) is 12.1 Å². The first-order valence-electron chi connectivity index (χ1n) is 10.4. The number of aromatic nitrogens is 4. The lowest BCUT2D eigenvalue weighted by molar-refractivity contribution is 0.216. The molecule has 4 aromatic rings. The summed E-state index contributed by atoms with van der Waals surface area (Å²) in [6, 6.07) is 9.44. The number of nitrogen functional groups attached to an aromatic ring is 1. The van der Waals surface area contributed by atoms with Gasteiger partial charge in [-0.25, -0.2) is 18.7 Å². The van der Waals surface area contributed by atoms with Crippen molar-refractivity contribution in [2.45, 2.75) is 19.5 Å². The Hall–Kier alpha value is -3.53. The lowest BCUT2D eigenvalue weighted by Gasteiger charge is -2.41. The summed E-state index contributed by atoms with van der Waals surface area (Å²) < 4.78 is 34.0. The molecule has 0 spiro atoms. The summed E-state index contributed by atoms with van der Waals surface area (Å²) in [5, 5.41) is 5.00. The molecule has 2 N–H and O–H groups in total. The first kappa shape index (κ1) is 20.4. The van der Waals surface area contributed by atoms with E-state index in [1.807, 2.05) is 0 Å². The monoisotopic (exact) mass is 439 g/mol. The second-order valence-corrected chi connectivity index (χ2v) is 7.99. The average molecular weight is 439 g/mol. The van der Waals surface area contributed by atoms with Crippen molar-refractivity contribution in [2.75, 3.05) is 37.4 Å². The highest BCUT2D eigenvalue weighted by molar-refractivity contribution is 5.95. The zero-order valence-electron chi connectivity index (χ0n) is 17.8. The second-order valence-electron chi connectivity index (χ2n) is 7.99. The van der Waals surface area contributed by atoms with E-state index < -0.39 is 5.82 Å². The molecule has 5 rings (SSSR count). The third-order valence-electron chi connectivity index (χ3n) is 5.83. The molecular weight excluding hydrogens is 416 g/mol. The van der Waals surface area contributed by atoms with Crippen LogP contribution in [0.2, 0.25) is 0 Å². The van der Waals surface area contributed by atoms with Crippen LogP contribution < -0.4 is 15.4 Å². The number of anilines is 2. The zero-order chi connectivity index (χ0) is 22.4. The Kier molecular flexibility index (Phi) is 5.01. The van der Waals surface area contributed by atoms with E-state index in [0.717, 1.165) is 25.3 Å². The van der Waals surface area contributed by atoms with E-state index in [1.165, 1.54) is 35.9 Å². The van der Waals surface area contributed by atoms with Gasteiger partial charge in [0.25, 0.3) is 0 Å². The third-order valence-corrected chi connectivity index (χ3v) is 5.83. The largest absolute Gasteiger partial charge is 0.494 e. The molecule has 1 atom stereocenters. The van der Waals surface area contributed by atoms with E-state index >= 15 is 0 Å². The smallest absolute Gasteiger partial charge is 0.223 e. The molecule has 166 valence electrons. The van der Waals surface area contributed by atoms with Crippen LogP contribution >= 0.6 is 0 Å². The fourth-order valence-corrected chi connectivity index (χ4v) is 4.33. The Morgan fingerprint density at radius 3 is 2.59 bits per heavy atom. The Labute approximate surface area is 183 Å². The van der Waals surface area contributed by atoms with Crippen LogP contribution in [0.5, 0.6) is 5.75 Å². The van der Waals surface area contributed by atoms with E-state index in [9.17, 15) is 8.78 Å². The molecule has 3 heterocycles. The predicted octanol–water partition coefficient (Wildman–Crippen LogP) is 2.86. The van der Waals surface area contributed by atoms with Gasteiger partial charge < -0.3 is 15.4 Å². The van der Waals surface area contributed by atoms with Gasteiger partial charge in [0, 0.05) is 37.4 Å². The number of halogens is 2. The predicted molar refractivity (Wildman–Crippen MR) is 118 cm³/mol. The van der Waals surface area contributed by atoms with Crippen LogP contribution in [0, 0.1) is 11.6 Å². The summed E-state index contributed by atoms with van der Waals surface area (Å²) in [6.45, 7) is 5.06. The van der Waals surface area contributed by atoms with Crippen LogP contribution in [0.25, 0.3) is 16.6 Å². The average Bonchev–Trinajstić information content (AvgIpc) is 3.19. The van der Waals surface area contributed by atoms with Gasteiger partial charge in [0.15, 0.2) is 11.5 Å². The van der Waals surface area contributed by atoms with Crippen molar-refractivity contribution in [3.63, 3.8) is 0 Å². The van der Waals surface area contributed by atoms with Crippen LogP contribution in [-0.2, 0) is 6.54 Å². The maximum absolute atomic E-state index is 14.1. The van der Waals surface area contributed by atoms with Gasteiger partial charge in [-0.3, -0.25) is 4.90 Å². The number of benzene rings is 2. The number of piperazine rings is 1. The summed E-state index contributed by atoms with van der Waals surface area (Å²) in [5.74, 6) is 0.349. The molecule has 10 heteroatoms. The van der Waals surface area contributed by atoms with Gasteiger partial charge in [0.05, 0.1) is 19.0 Å². The zero-order valence-corrected chi connectivity index (χ0v) is 17.8. The fraction of sp³-hybridized carbons (Fsp3) is 0.318. The quantitative estimate of drug-likeness (QED) is 0.523. The van der Waals surface area contributed by atoms with Crippen molar-refractivity contribution >= 4 is 28.2 Å². The van der Waals surface area contributed by atoms with Crippen molar-refractivity contribution in [2.24, 2.45) is 0 Å². The van der Waals surface area contributed by atoms with Gasteiger partial charge in [0.2, 0.25) is 5.95 Å². The first-order valence-corrected chi connectivity index (χ1v) is 10.4. The number of rotatable bonds is 4. The first-order chi connectivity index (χ1) is 15.4. The molecule has 0 radical (unpaired) electrons. The molecule has 0 aliphatic carbocycles. The van der Waals surface area contributed by atoms with E-state index in [4.69, 9.17) is 10.5 Å². The van der Waals surface area contributed by atoms with Crippen molar-refractivity contribution in [3.8, 4) is 5.75 Å². The van der Waals surface area contributed by atoms with Gasteiger partial charge in [-0.1, -0.05) is 0 Å². The lowest BCUT2D eigenvalue weighted by atomic mass is 10.1. The Balaban J connectivity index is 1.40. The molecule has 8 nitrogen and oxygen atoms in total.